The lowest BCUT2D eigenvalue weighted by molar-refractivity contribution is 0.580. The number of nitrogens with zero attached hydrogens (tertiary/aromatic N) is 1. The van der Waals surface area contributed by atoms with E-state index in [1.807, 2.05) is 5.38 Å². The first-order valence-electron chi connectivity index (χ1n) is 5.98. The Bertz CT molecular complexity index is 634. The summed E-state index contributed by atoms with van der Waals surface area (Å²) in [6.07, 6.45) is 0. The molecule has 0 aliphatic carbocycles. The second-order valence-electron chi connectivity index (χ2n) is 4.47. The van der Waals surface area contributed by atoms with Crippen molar-refractivity contribution in [2.24, 2.45) is 0 Å². The summed E-state index contributed by atoms with van der Waals surface area (Å²) in [4.78, 5) is 4.67. The largest absolute Gasteiger partial charge is 0.245 e. The Labute approximate surface area is 117 Å². The summed E-state index contributed by atoms with van der Waals surface area (Å²) in [5, 5.41) is 2.91. The monoisotopic (exact) mass is 296 g/mol. The van der Waals surface area contributed by atoms with E-state index in [2.05, 4.69) is 23.6 Å². The number of aromatic nitrogens is 1. The Balaban J connectivity index is 2.06. The summed E-state index contributed by atoms with van der Waals surface area (Å²) in [5.41, 5.74) is 0.758. The second kappa shape index (κ2) is 5.81. The van der Waals surface area contributed by atoms with E-state index in [1.165, 1.54) is 0 Å². The summed E-state index contributed by atoms with van der Waals surface area (Å²) in [7, 11) is -3.45. The Morgan fingerprint density at radius 1 is 1.26 bits per heavy atom. The van der Waals surface area contributed by atoms with Crippen molar-refractivity contribution in [2.75, 3.05) is 0 Å². The SMILES string of the molecule is CC(C)c1nc(CNS(=O)(=O)c2ccccc2)cs1. The van der Waals surface area contributed by atoms with Gasteiger partial charge < -0.3 is 0 Å². The number of hydrogen-bond acceptors (Lipinski definition) is 4. The van der Waals surface area contributed by atoms with E-state index in [0.717, 1.165) is 10.7 Å². The molecule has 0 spiro atoms. The normalized spacial score (nSPS) is 11.9. The van der Waals surface area contributed by atoms with E-state index in [1.54, 1.807) is 41.7 Å². The van der Waals surface area contributed by atoms with Crippen LogP contribution in [-0.4, -0.2) is 13.4 Å². The Kier molecular flexibility index (Phi) is 4.34. The topological polar surface area (TPSA) is 59.1 Å². The molecule has 102 valence electrons. The minimum absolute atomic E-state index is 0.223. The van der Waals surface area contributed by atoms with E-state index in [-0.39, 0.29) is 11.4 Å². The van der Waals surface area contributed by atoms with Crippen LogP contribution in [0.5, 0.6) is 0 Å². The maximum Gasteiger partial charge on any atom is 0.240 e. The molecule has 0 fully saturated rings. The third-order valence-electron chi connectivity index (χ3n) is 2.56. The smallest absolute Gasteiger partial charge is 0.240 e. The molecule has 0 atom stereocenters. The minimum atomic E-state index is -3.45. The molecule has 0 aliphatic rings. The average molecular weight is 296 g/mol. The molecule has 1 N–H and O–H groups in total. The van der Waals surface area contributed by atoms with Crippen molar-refractivity contribution < 1.29 is 8.42 Å². The van der Waals surface area contributed by atoms with Gasteiger partial charge in [-0.2, -0.15) is 0 Å². The van der Waals surface area contributed by atoms with Crippen molar-refractivity contribution in [2.45, 2.75) is 31.2 Å². The summed E-state index contributed by atoms with van der Waals surface area (Å²) in [6.45, 7) is 4.36. The zero-order chi connectivity index (χ0) is 13.9. The van der Waals surface area contributed by atoms with Crippen LogP contribution >= 0.6 is 11.3 Å². The number of hydrogen-bond donors (Lipinski definition) is 1. The van der Waals surface area contributed by atoms with Gasteiger partial charge in [-0.3, -0.25) is 0 Å². The lowest BCUT2D eigenvalue weighted by atomic mass is 10.2. The van der Waals surface area contributed by atoms with E-state index in [9.17, 15) is 8.42 Å². The molecule has 0 radical (unpaired) electrons. The molecule has 0 amide bonds. The van der Waals surface area contributed by atoms with Gasteiger partial charge in [-0.05, 0) is 12.1 Å². The highest BCUT2D eigenvalue weighted by Crippen LogP contribution is 2.19. The van der Waals surface area contributed by atoms with Crippen LogP contribution in [0.25, 0.3) is 0 Å². The van der Waals surface area contributed by atoms with Crippen LogP contribution in [-0.2, 0) is 16.6 Å². The molecule has 1 heterocycles. The number of sulfonamides is 1. The first kappa shape index (κ1) is 14.2. The van der Waals surface area contributed by atoms with Crippen molar-refractivity contribution in [1.29, 1.82) is 0 Å². The zero-order valence-electron chi connectivity index (χ0n) is 10.8. The van der Waals surface area contributed by atoms with Crippen molar-refractivity contribution in [1.82, 2.24) is 9.71 Å². The van der Waals surface area contributed by atoms with Gasteiger partial charge in [0, 0.05) is 11.3 Å². The highest BCUT2D eigenvalue weighted by atomic mass is 32.2. The summed E-state index contributed by atoms with van der Waals surface area (Å²) >= 11 is 1.56. The molecule has 1 aromatic carbocycles. The molecule has 0 bridgehead atoms. The van der Waals surface area contributed by atoms with Crippen LogP contribution in [0.2, 0.25) is 0 Å². The fourth-order valence-corrected chi connectivity index (χ4v) is 3.38. The maximum atomic E-state index is 12.0. The molecule has 0 saturated carbocycles. The minimum Gasteiger partial charge on any atom is -0.245 e. The van der Waals surface area contributed by atoms with Crippen molar-refractivity contribution in [3.8, 4) is 0 Å². The highest BCUT2D eigenvalue weighted by Gasteiger charge is 2.14. The van der Waals surface area contributed by atoms with Gasteiger partial charge in [0.2, 0.25) is 10.0 Å². The van der Waals surface area contributed by atoms with E-state index in [0.29, 0.717) is 5.92 Å². The molecule has 19 heavy (non-hydrogen) atoms. The van der Waals surface area contributed by atoms with Crippen molar-refractivity contribution >= 4 is 21.4 Å². The van der Waals surface area contributed by atoms with Crippen molar-refractivity contribution in [3.05, 3.63) is 46.4 Å². The van der Waals surface area contributed by atoms with Crippen LogP contribution in [0.15, 0.2) is 40.6 Å². The Morgan fingerprint density at radius 2 is 1.95 bits per heavy atom. The summed E-state index contributed by atoms with van der Waals surface area (Å²) in [6, 6.07) is 8.34. The van der Waals surface area contributed by atoms with Gasteiger partial charge >= 0.3 is 0 Å². The third kappa shape index (κ3) is 3.62. The van der Waals surface area contributed by atoms with Gasteiger partial charge in [0.15, 0.2) is 0 Å². The van der Waals surface area contributed by atoms with Crippen LogP contribution in [0, 0.1) is 0 Å². The molecule has 6 heteroatoms. The Hall–Kier alpha value is -1.24. The first-order chi connectivity index (χ1) is 8.99. The molecule has 0 unspecified atom stereocenters. The third-order valence-corrected chi connectivity index (χ3v) is 5.17. The lowest BCUT2D eigenvalue weighted by Crippen LogP contribution is -2.23. The lowest BCUT2D eigenvalue weighted by Gasteiger charge is -2.04. The average Bonchev–Trinajstić information content (AvgIpc) is 2.87. The quantitative estimate of drug-likeness (QED) is 0.923. The number of benzene rings is 1. The van der Waals surface area contributed by atoms with E-state index < -0.39 is 10.0 Å². The van der Waals surface area contributed by atoms with Gasteiger partial charge in [0.05, 0.1) is 22.1 Å². The van der Waals surface area contributed by atoms with Crippen molar-refractivity contribution in [3.63, 3.8) is 0 Å². The van der Waals surface area contributed by atoms with Gasteiger partial charge in [0.25, 0.3) is 0 Å². The molecule has 0 aliphatic heterocycles. The van der Waals surface area contributed by atoms with Crippen LogP contribution in [0.3, 0.4) is 0 Å². The summed E-state index contributed by atoms with van der Waals surface area (Å²) in [5.74, 6) is 0.365. The highest BCUT2D eigenvalue weighted by molar-refractivity contribution is 7.89. The summed E-state index contributed by atoms with van der Waals surface area (Å²) < 4.78 is 26.6. The fourth-order valence-electron chi connectivity index (χ4n) is 1.52. The standard InChI is InChI=1S/C13H16N2O2S2/c1-10(2)13-15-11(9-18-13)8-14-19(16,17)12-6-4-3-5-7-12/h3-7,9-10,14H,8H2,1-2H3. The molecular formula is C13H16N2O2S2. The van der Waals surface area contributed by atoms with Gasteiger partial charge in [-0.25, -0.2) is 18.1 Å². The predicted octanol–water partition coefficient (Wildman–Crippen LogP) is 2.75. The van der Waals surface area contributed by atoms with E-state index >= 15 is 0 Å². The number of rotatable bonds is 5. The predicted molar refractivity (Wildman–Crippen MR) is 76.7 cm³/mol. The van der Waals surface area contributed by atoms with Crippen LogP contribution in [0.4, 0.5) is 0 Å². The molecule has 0 saturated heterocycles. The van der Waals surface area contributed by atoms with Crippen LogP contribution in [0.1, 0.15) is 30.5 Å². The Morgan fingerprint density at radius 3 is 2.53 bits per heavy atom. The maximum absolute atomic E-state index is 12.0. The van der Waals surface area contributed by atoms with Gasteiger partial charge in [0.1, 0.15) is 0 Å². The fraction of sp³-hybridized carbons (Fsp3) is 0.308. The molecule has 2 rings (SSSR count). The van der Waals surface area contributed by atoms with E-state index in [4.69, 9.17) is 0 Å². The van der Waals surface area contributed by atoms with Gasteiger partial charge in [-0.1, -0.05) is 32.0 Å². The zero-order valence-corrected chi connectivity index (χ0v) is 12.5. The second-order valence-corrected chi connectivity index (χ2v) is 7.13. The molecule has 4 nitrogen and oxygen atoms in total. The number of thiazole rings is 1. The number of nitrogens with one attached hydrogen (secondary N) is 1. The first-order valence-corrected chi connectivity index (χ1v) is 8.34. The van der Waals surface area contributed by atoms with Crippen LogP contribution < -0.4 is 4.72 Å². The van der Waals surface area contributed by atoms with Gasteiger partial charge in [-0.15, -0.1) is 11.3 Å². The molecular weight excluding hydrogens is 280 g/mol. The molecule has 2 aromatic rings. The molecule has 1 aromatic heterocycles.